The summed E-state index contributed by atoms with van der Waals surface area (Å²) in [6.45, 7) is -14.0. The summed E-state index contributed by atoms with van der Waals surface area (Å²) in [5.41, 5.74) is -14.3. The minimum Gasteiger partial charge on any atom is -0.452 e. The van der Waals surface area contributed by atoms with Gasteiger partial charge in [-0.1, -0.05) is 18.2 Å². The molecule has 1 aliphatic rings. The van der Waals surface area contributed by atoms with Crippen LogP contribution in [-0.2, 0) is 0 Å². The Morgan fingerprint density at radius 2 is 1.40 bits per heavy atom. The van der Waals surface area contributed by atoms with E-state index in [1.807, 2.05) is 0 Å². The number of aliphatic imine (C=N–C) groups is 1. The molecule has 4 unspecified atom stereocenters. The van der Waals surface area contributed by atoms with Gasteiger partial charge in [0.25, 0.3) is 0 Å². The third-order valence-corrected chi connectivity index (χ3v) is 8.54. The van der Waals surface area contributed by atoms with Gasteiger partial charge in [0, 0.05) is 10.6 Å². The molecule has 234 valence electrons. The quantitative estimate of drug-likeness (QED) is 0.170. The Labute approximate surface area is 243 Å². The lowest BCUT2D eigenvalue weighted by Crippen LogP contribution is -2.74. The van der Waals surface area contributed by atoms with Crippen molar-refractivity contribution in [2.24, 2.45) is 4.99 Å². The van der Waals surface area contributed by atoms with Crippen molar-refractivity contribution in [3.05, 3.63) is 76.0 Å². The van der Waals surface area contributed by atoms with Crippen LogP contribution in [0.15, 0.2) is 58.9 Å². The predicted octanol–water partition coefficient (Wildman–Crippen LogP) is 9.03. The van der Waals surface area contributed by atoms with Gasteiger partial charge in [0.05, 0.1) is 11.6 Å². The molecular weight excluding hydrogens is 619 g/mol. The van der Waals surface area contributed by atoms with Crippen molar-refractivity contribution in [1.82, 2.24) is 0 Å². The van der Waals surface area contributed by atoms with Crippen molar-refractivity contribution in [2.75, 3.05) is 33.4 Å². The lowest BCUT2D eigenvalue weighted by Gasteiger charge is -2.47. The second kappa shape index (κ2) is 12.4. The van der Waals surface area contributed by atoms with Gasteiger partial charge in [-0.15, -0.1) is 11.3 Å². The van der Waals surface area contributed by atoms with Crippen LogP contribution in [0, 0.1) is 11.6 Å². The van der Waals surface area contributed by atoms with E-state index in [2.05, 4.69) is 9.73 Å². The second-order valence-corrected chi connectivity index (χ2v) is 11.0. The average Bonchev–Trinajstić information content (AvgIpc) is 3.70. The van der Waals surface area contributed by atoms with Crippen molar-refractivity contribution in [1.29, 1.82) is 0 Å². The van der Waals surface area contributed by atoms with E-state index in [1.54, 1.807) is 11.4 Å². The standard InChI is InChI=1S/C29H24F11NOS/c30-12-26(37,13-31)27(38,14-32)28(39,15-33)29(40,16-34)42-19-4-1-3-17(9-19)18-10-24(43-11-18)22-7-8-23(41-22)25-20(35)5-2-6-21(25)36/h1-6,9-11,22H,7-8,12-16H2. The number of nitrogens with zero attached hydrogens (tertiary/aromatic N) is 1. The molecule has 0 spiro atoms. The van der Waals surface area contributed by atoms with Gasteiger partial charge < -0.3 is 4.74 Å². The van der Waals surface area contributed by atoms with E-state index in [0.29, 0.717) is 23.3 Å². The summed E-state index contributed by atoms with van der Waals surface area (Å²) in [6.07, 6.45) is 0.725. The summed E-state index contributed by atoms with van der Waals surface area (Å²) in [7, 11) is 0. The highest BCUT2D eigenvalue weighted by Crippen LogP contribution is 2.51. The van der Waals surface area contributed by atoms with E-state index < -0.39 is 79.7 Å². The van der Waals surface area contributed by atoms with E-state index in [0.717, 1.165) is 24.3 Å². The van der Waals surface area contributed by atoms with Crippen molar-refractivity contribution in [3.63, 3.8) is 0 Å². The molecule has 2 nitrogen and oxygen atoms in total. The number of rotatable bonds is 13. The second-order valence-electron chi connectivity index (χ2n) is 10.1. The highest BCUT2D eigenvalue weighted by atomic mass is 32.1. The number of thiophene rings is 1. The van der Waals surface area contributed by atoms with E-state index in [9.17, 15) is 35.1 Å². The molecule has 43 heavy (non-hydrogen) atoms. The van der Waals surface area contributed by atoms with Crippen molar-refractivity contribution < 1.29 is 53.0 Å². The van der Waals surface area contributed by atoms with Crippen LogP contribution in [0.4, 0.5) is 48.3 Å². The lowest BCUT2D eigenvalue weighted by molar-refractivity contribution is -0.276. The molecule has 0 fully saturated rings. The first-order chi connectivity index (χ1) is 20.4. The summed E-state index contributed by atoms with van der Waals surface area (Å²) in [6, 6.07) is 9.23. The fourth-order valence-electron chi connectivity index (χ4n) is 4.91. The zero-order chi connectivity index (χ0) is 31.6. The van der Waals surface area contributed by atoms with Crippen LogP contribution >= 0.6 is 11.3 Å². The number of ether oxygens (including phenoxy) is 1. The van der Waals surface area contributed by atoms with E-state index in [1.165, 1.54) is 29.5 Å². The van der Waals surface area contributed by atoms with E-state index in [4.69, 9.17) is 0 Å². The smallest absolute Gasteiger partial charge is 0.316 e. The maximum Gasteiger partial charge on any atom is 0.316 e. The van der Waals surface area contributed by atoms with Gasteiger partial charge in [-0.05, 0) is 59.7 Å². The molecule has 0 bridgehead atoms. The molecule has 0 N–H and O–H groups in total. The molecular formula is C29H24F11NOS. The summed E-state index contributed by atoms with van der Waals surface area (Å²) < 4.78 is 162. The third-order valence-electron chi connectivity index (χ3n) is 7.51. The first-order valence-corrected chi connectivity index (χ1v) is 13.7. The molecule has 1 aromatic heterocycles. The first kappa shape index (κ1) is 32.7. The number of hydrogen-bond donors (Lipinski definition) is 0. The monoisotopic (exact) mass is 643 g/mol. The molecule has 0 radical (unpaired) electrons. The molecule has 0 amide bonds. The molecule has 1 aliphatic heterocycles. The van der Waals surface area contributed by atoms with Gasteiger partial charge in [-0.3, -0.25) is 4.99 Å². The minimum atomic E-state index is -5.17. The van der Waals surface area contributed by atoms with Crippen molar-refractivity contribution in [3.8, 4) is 16.9 Å². The first-order valence-electron chi connectivity index (χ1n) is 12.8. The Hall–Kier alpha value is -3.16. The molecule has 2 aromatic carbocycles. The Morgan fingerprint density at radius 1 is 0.767 bits per heavy atom. The van der Waals surface area contributed by atoms with E-state index in [-0.39, 0.29) is 16.8 Å². The topological polar surface area (TPSA) is 21.6 Å². The molecule has 14 heteroatoms. The Kier molecular flexibility index (Phi) is 9.48. The highest BCUT2D eigenvalue weighted by molar-refractivity contribution is 7.10. The number of halogens is 11. The summed E-state index contributed by atoms with van der Waals surface area (Å²) >= 11 is 1.21. The van der Waals surface area contributed by atoms with Crippen LogP contribution in [0.2, 0.25) is 0 Å². The fraction of sp³-hybridized carbons (Fsp3) is 0.414. The molecule has 4 rings (SSSR count). The van der Waals surface area contributed by atoms with Gasteiger partial charge >= 0.3 is 5.85 Å². The van der Waals surface area contributed by atoms with Gasteiger partial charge in [0.15, 0.2) is 6.67 Å². The summed E-state index contributed by atoms with van der Waals surface area (Å²) in [4.78, 5) is 5.10. The highest BCUT2D eigenvalue weighted by Gasteiger charge is 2.77. The molecule has 3 aromatic rings. The normalized spacial score (nSPS) is 19.8. The Morgan fingerprint density at radius 3 is 1.98 bits per heavy atom. The molecule has 2 heterocycles. The maximum absolute atomic E-state index is 15.6. The molecule has 0 aliphatic carbocycles. The largest absolute Gasteiger partial charge is 0.452 e. The molecule has 4 atom stereocenters. The summed E-state index contributed by atoms with van der Waals surface area (Å²) in [5, 5.41) is 1.61. The Bertz CT molecular complexity index is 1440. The average molecular weight is 644 g/mol. The summed E-state index contributed by atoms with van der Waals surface area (Å²) in [5.74, 6) is -7.01. The number of hydrogen-bond acceptors (Lipinski definition) is 3. The van der Waals surface area contributed by atoms with Crippen LogP contribution in [0.3, 0.4) is 0 Å². The zero-order valence-electron chi connectivity index (χ0n) is 22.1. The maximum atomic E-state index is 15.6. The lowest BCUT2D eigenvalue weighted by atomic mass is 9.72. The van der Waals surface area contributed by atoms with Crippen LogP contribution in [0.1, 0.15) is 29.3 Å². The van der Waals surface area contributed by atoms with Gasteiger partial charge in [0.1, 0.15) is 44.1 Å². The van der Waals surface area contributed by atoms with Crippen molar-refractivity contribution in [2.45, 2.75) is 41.7 Å². The van der Waals surface area contributed by atoms with Crippen LogP contribution < -0.4 is 4.74 Å². The van der Waals surface area contributed by atoms with Gasteiger partial charge in [-0.2, -0.15) is 4.39 Å². The Balaban J connectivity index is 1.62. The number of benzene rings is 2. The van der Waals surface area contributed by atoms with Gasteiger partial charge in [0.2, 0.25) is 17.0 Å². The SMILES string of the molecule is FCC(F)(CF)C(F)(CF)C(F)(CF)C(F)(CF)Oc1cccc(-c2csc(C3CCC(c4c(F)cccc4F)=N3)c2)c1. The molecule has 0 saturated heterocycles. The van der Waals surface area contributed by atoms with Crippen LogP contribution in [0.25, 0.3) is 11.1 Å². The fourth-order valence-corrected chi connectivity index (χ4v) is 5.90. The zero-order valence-corrected chi connectivity index (χ0v) is 23.0. The third kappa shape index (κ3) is 5.51. The van der Waals surface area contributed by atoms with E-state index >= 15 is 13.2 Å². The number of alkyl halides is 9. The predicted molar refractivity (Wildman–Crippen MR) is 140 cm³/mol. The van der Waals surface area contributed by atoms with Crippen molar-refractivity contribution >= 4 is 17.0 Å². The van der Waals surface area contributed by atoms with Crippen LogP contribution in [0.5, 0.6) is 5.75 Å². The molecule has 0 saturated carbocycles. The minimum absolute atomic E-state index is 0.223. The van der Waals surface area contributed by atoms with Crippen LogP contribution in [-0.4, -0.2) is 61.9 Å². The van der Waals surface area contributed by atoms with Gasteiger partial charge in [-0.25, -0.2) is 43.9 Å².